The molecule has 0 aromatic carbocycles. The first-order valence-corrected chi connectivity index (χ1v) is 6.72. The van der Waals surface area contributed by atoms with Crippen LogP contribution in [0, 0.1) is 0 Å². The molecule has 3 nitrogen and oxygen atoms in total. The van der Waals surface area contributed by atoms with Crippen molar-refractivity contribution in [2.75, 3.05) is 18.9 Å². The molecule has 4 heteroatoms. The van der Waals surface area contributed by atoms with Gasteiger partial charge in [0.25, 0.3) is 0 Å². The zero-order chi connectivity index (χ0) is 10.9. The third-order valence-corrected chi connectivity index (χ3v) is 5.03. The summed E-state index contributed by atoms with van der Waals surface area (Å²) in [5.41, 5.74) is 0. The SMILES string of the molecule is CC1(C(=O)N2CCC[C@@H]2CO)CCCS1. The average molecular weight is 229 g/mol. The molecule has 1 N–H and O–H groups in total. The molecule has 0 aliphatic carbocycles. The van der Waals surface area contributed by atoms with Crippen LogP contribution in [0.1, 0.15) is 32.6 Å². The molecule has 2 aliphatic heterocycles. The van der Waals surface area contributed by atoms with E-state index in [0.717, 1.165) is 38.0 Å². The minimum Gasteiger partial charge on any atom is -0.394 e. The van der Waals surface area contributed by atoms with Crippen LogP contribution >= 0.6 is 11.8 Å². The van der Waals surface area contributed by atoms with Crippen molar-refractivity contribution in [1.29, 1.82) is 0 Å². The number of hydrogen-bond donors (Lipinski definition) is 1. The van der Waals surface area contributed by atoms with E-state index in [-0.39, 0.29) is 23.3 Å². The minimum atomic E-state index is -0.211. The van der Waals surface area contributed by atoms with E-state index >= 15 is 0 Å². The van der Waals surface area contributed by atoms with E-state index in [1.807, 2.05) is 4.90 Å². The third kappa shape index (κ3) is 2.02. The molecule has 86 valence electrons. The molecule has 0 radical (unpaired) electrons. The van der Waals surface area contributed by atoms with Crippen molar-refractivity contribution < 1.29 is 9.90 Å². The molecule has 2 aliphatic rings. The van der Waals surface area contributed by atoms with Gasteiger partial charge in [-0.05, 0) is 38.4 Å². The highest BCUT2D eigenvalue weighted by atomic mass is 32.2. The molecule has 2 saturated heterocycles. The van der Waals surface area contributed by atoms with Crippen molar-refractivity contribution in [2.24, 2.45) is 0 Å². The average Bonchev–Trinajstić information content (AvgIpc) is 2.85. The molecule has 2 atom stereocenters. The molecule has 0 saturated carbocycles. The fourth-order valence-electron chi connectivity index (χ4n) is 2.54. The van der Waals surface area contributed by atoms with Gasteiger partial charge in [-0.3, -0.25) is 4.79 Å². The number of hydrogen-bond acceptors (Lipinski definition) is 3. The maximum absolute atomic E-state index is 12.3. The largest absolute Gasteiger partial charge is 0.394 e. The normalized spacial score (nSPS) is 36.1. The maximum Gasteiger partial charge on any atom is 0.238 e. The summed E-state index contributed by atoms with van der Waals surface area (Å²) in [6, 6.07) is 0.0792. The summed E-state index contributed by atoms with van der Waals surface area (Å²) in [5.74, 6) is 1.35. The Labute approximate surface area is 95.2 Å². The summed E-state index contributed by atoms with van der Waals surface area (Å²) in [5, 5.41) is 9.21. The summed E-state index contributed by atoms with van der Waals surface area (Å²) in [6.07, 6.45) is 4.14. The first-order chi connectivity index (χ1) is 7.17. The van der Waals surface area contributed by atoms with Crippen LogP contribution in [0.4, 0.5) is 0 Å². The van der Waals surface area contributed by atoms with Gasteiger partial charge in [0.2, 0.25) is 5.91 Å². The number of thioether (sulfide) groups is 1. The van der Waals surface area contributed by atoms with Crippen LogP contribution in [0.25, 0.3) is 0 Å². The number of aliphatic hydroxyl groups is 1. The van der Waals surface area contributed by atoms with E-state index in [9.17, 15) is 9.90 Å². The van der Waals surface area contributed by atoms with Crippen LogP contribution in [-0.2, 0) is 4.79 Å². The van der Waals surface area contributed by atoms with E-state index in [0.29, 0.717) is 0 Å². The van der Waals surface area contributed by atoms with Crippen LogP contribution in [-0.4, -0.2) is 45.6 Å². The molecule has 2 heterocycles. The highest BCUT2D eigenvalue weighted by Crippen LogP contribution is 2.40. The van der Waals surface area contributed by atoms with Crippen molar-refractivity contribution in [3.8, 4) is 0 Å². The first-order valence-electron chi connectivity index (χ1n) is 5.73. The highest BCUT2D eigenvalue weighted by Gasteiger charge is 2.42. The Morgan fingerprint density at radius 1 is 1.60 bits per heavy atom. The molecule has 1 unspecified atom stereocenters. The number of nitrogens with zero attached hydrogens (tertiary/aromatic N) is 1. The van der Waals surface area contributed by atoms with Crippen molar-refractivity contribution in [3.05, 3.63) is 0 Å². The van der Waals surface area contributed by atoms with Crippen LogP contribution in [0.2, 0.25) is 0 Å². The van der Waals surface area contributed by atoms with Crippen LogP contribution in [0.5, 0.6) is 0 Å². The Bertz CT molecular complexity index is 251. The summed E-state index contributed by atoms with van der Waals surface area (Å²) >= 11 is 1.78. The summed E-state index contributed by atoms with van der Waals surface area (Å²) in [4.78, 5) is 14.2. The molecule has 0 bridgehead atoms. The lowest BCUT2D eigenvalue weighted by Crippen LogP contribution is -2.47. The van der Waals surface area contributed by atoms with Crippen molar-refractivity contribution >= 4 is 17.7 Å². The van der Waals surface area contributed by atoms with Gasteiger partial charge in [0.15, 0.2) is 0 Å². The lowest BCUT2D eigenvalue weighted by atomic mass is 10.0. The second kappa shape index (κ2) is 4.34. The number of amides is 1. The fraction of sp³-hybridized carbons (Fsp3) is 0.909. The summed E-state index contributed by atoms with van der Waals surface area (Å²) in [7, 11) is 0. The fourth-order valence-corrected chi connectivity index (χ4v) is 3.81. The number of likely N-dealkylation sites (tertiary alicyclic amines) is 1. The molecular weight excluding hydrogens is 210 g/mol. The van der Waals surface area contributed by atoms with Gasteiger partial charge in [0.05, 0.1) is 17.4 Å². The Balaban J connectivity index is 2.06. The molecule has 0 aromatic rings. The smallest absolute Gasteiger partial charge is 0.238 e. The molecular formula is C11H19NO2S. The summed E-state index contributed by atoms with van der Waals surface area (Å²) in [6.45, 7) is 3.01. The second-order valence-corrected chi connectivity index (χ2v) is 6.26. The van der Waals surface area contributed by atoms with Gasteiger partial charge in [-0.1, -0.05) is 0 Å². The van der Waals surface area contributed by atoms with Gasteiger partial charge < -0.3 is 10.0 Å². The van der Waals surface area contributed by atoms with Gasteiger partial charge >= 0.3 is 0 Å². The maximum atomic E-state index is 12.3. The van der Waals surface area contributed by atoms with Crippen molar-refractivity contribution in [1.82, 2.24) is 4.90 Å². The van der Waals surface area contributed by atoms with Crippen molar-refractivity contribution in [3.63, 3.8) is 0 Å². The predicted molar refractivity (Wildman–Crippen MR) is 61.9 cm³/mol. The molecule has 15 heavy (non-hydrogen) atoms. The molecule has 2 rings (SSSR count). The molecule has 0 aromatic heterocycles. The van der Waals surface area contributed by atoms with Crippen molar-refractivity contribution in [2.45, 2.75) is 43.4 Å². The van der Waals surface area contributed by atoms with Gasteiger partial charge in [-0.25, -0.2) is 0 Å². The van der Waals surface area contributed by atoms with Crippen LogP contribution in [0.3, 0.4) is 0 Å². The summed E-state index contributed by atoms with van der Waals surface area (Å²) < 4.78 is -0.211. The molecule has 1 amide bonds. The van der Waals surface area contributed by atoms with Gasteiger partial charge in [-0.2, -0.15) is 0 Å². The highest BCUT2D eigenvalue weighted by molar-refractivity contribution is 8.01. The quantitative estimate of drug-likeness (QED) is 0.775. The van der Waals surface area contributed by atoms with E-state index in [1.165, 1.54) is 0 Å². The number of carbonyl (C=O) groups is 1. The Hall–Kier alpha value is -0.220. The Morgan fingerprint density at radius 3 is 3.00 bits per heavy atom. The second-order valence-electron chi connectivity index (χ2n) is 4.66. The standard InChI is InChI=1S/C11H19NO2S/c1-11(5-3-7-15-11)10(14)12-6-2-4-9(12)8-13/h9,13H,2-8H2,1H3/t9-,11?/m1/s1. The van der Waals surface area contributed by atoms with E-state index in [4.69, 9.17) is 0 Å². The lowest BCUT2D eigenvalue weighted by molar-refractivity contribution is -0.134. The topological polar surface area (TPSA) is 40.5 Å². The number of aliphatic hydroxyl groups excluding tert-OH is 1. The Morgan fingerprint density at radius 2 is 2.40 bits per heavy atom. The van der Waals surface area contributed by atoms with E-state index in [2.05, 4.69) is 6.92 Å². The van der Waals surface area contributed by atoms with E-state index in [1.54, 1.807) is 11.8 Å². The van der Waals surface area contributed by atoms with Crippen LogP contribution < -0.4 is 0 Å². The zero-order valence-corrected chi connectivity index (χ0v) is 10.1. The molecule has 0 spiro atoms. The monoisotopic (exact) mass is 229 g/mol. The third-order valence-electron chi connectivity index (χ3n) is 3.52. The number of carbonyl (C=O) groups excluding carboxylic acids is 1. The lowest BCUT2D eigenvalue weighted by Gasteiger charge is -2.31. The minimum absolute atomic E-state index is 0.0792. The van der Waals surface area contributed by atoms with E-state index < -0.39 is 0 Å². The zero-order valence-electron chi connectivity index (χ0n) is 9.24. The van der Waals surface area contributed by atoms with Gasteiger partial charge in [-0.15, -0.1) is 11.8 Å². The van der Waals surface area contributed by atoms with Crippen LogP contribution in [0.15, 0.2) is 0 Å². The Kier molecular flexibility index (Phi) is 3.26. The van der Waals surface area contributed by atoms with Gasteiger partial charge in [0, 0.05) is 6.54 Å². The number of rotatable bonds is 2. The predicted octanol–water partition coefficient (Wildman–Crippen LogP) is 1.26. The van der Waals surface area contributed by atoms with Gasteiger partial charge in [0.1, 0.15) is 0 Å². The first kappa shape index (κ1) is 11.3. The molecule has 2 fully saturated rings.